The third kappa shape index (κ3) is 2.15. The van der Waals surface area contributed by atoms with E-state index in [1.165, 1.54) is 32.1 Å². The summed E-state index contributed by atoms with van der Waals surface area (Å²) in [5.74, 6) is -0.835. The maximum absolute atomic E-state index is 11.0. The van der Waals surface area contributed by atoms with Crippen LogP contribution in [-0.2, 0) is 6.54 Å². The summed E-state index contributed by atoms with van der Waals surface area (Å²) in [6.07, 6.45) is 6.64. The van der Waals surface area contributed by atoms with Crippen LogP contribution >= 0.6 is 0 Å². The number of carbonyl (C=O) groups is 1. The molecule has 1 aromatic rings. The van der Waals surface area contributed by atoms with Gasteiger partial charge in [-0.3, -0.25) is 4.90 Å². The number of nitrogens with zero attached hydrogens (tertiary/aromatic N) is 1. The number of aromatic carboxylic acids is 1. The largest absolute Gasteiger partial charge is 0.478 e. The van der Waals surface area contributed by atoms with Crippen LogP contribution in [0.25, 0.3) is 0 Å². The van der Waals surface area contributed by atoms with Gasteiger partial charge in [0.15, 0.2) is 0 Å². The topological polar surface area (TPSA) is 40.5 Å². The van der Waals surface area contributed by atoms with Crippen molar-refractivity contribution >= 4 is 5.97 Å². The molecule has 0 aromatic heterocycles. The van der Waals surface area contributed by atoms with E-state index in [1.807, 2.05) is 18.2 Å². The molecule has 96 valence electrons. The van der Waals surface area contributed by atoms with Gasteiger partial charge in [0.25, 0.3) is 0 Å². The third-order valence-electron chi connectivity index (χ3n) is 4.38. The van der Waals surface area contributed by atoms with E-state index in [0.717, 1.165) is 24.2 Å². The van der Waals surface area contributed by atoms with Gasteiger partial charge < -0.3 is 5.11 Å². The highest BCUT2D eigenvalue weighted by atomic mass is 16.4. The lowest BCUT2D eigenvalue weighted by atomic mass is 10.0. The molecular formula is C15H19NO2. The Hall–Kier alpha value is -1.35. The van der Waals surface area contributed by atoms with Crippen molar-refractivity contribution in [2.24, 2.45) is 0 Å². The fraction of sp³-hybridized carbons (Fsp3) is 0.533. The summed E-state index contributed by atoms with van der Waals surface area (Å²) in [5, 5.41) is 9.02. The second-order valence-corrected chi connectivity index (χ2v) is 5.49. The Morgan fingerprint density at radius 2 is 1.94 bits per heavy atom. The summed E-state index contributed by atoms with van der Waals surface area (Å²) >= 11 is 0. The lowest BCUT2D eigenvalue weighted by molar-refractivity contribution is 0.0696. The Kier molecular flexibility index (Phi) is 3.08. The normalized spacial score (nSPS) is 27.3. The molecule has 2 fully saturated rings. The van der Waals surface area contributed by atoms with Gasteiger partial charge in [-0.25, -0.2) is 4.79 Å². The number of hydrogen-bond acceptors (Lipinski definition) is 2. The summed E-state index contributed by atoms with van der Waals surface area (Å²) < 4.78 is 0. The van der Waals surface area contributed by atoms with Gasteiger partial charge in [-0.15, -0.1) is 0 Å². The fourth-order valence-electron chi connectivity index (χ4n) is 3.50. The lowest BCUT2D eigenvalue weighted by Gasteiger charge is -2.34. The zero-order valence-electron chi connectivity index (χ0n) is 10.5. The van der Waals surface area contributed by atoms with Crippen molar-refractivity contribution < 1.29 is 9.90 Å². The number of fused-ring (bicyclic) bond motifs is 2. The molecule has 0 saturated carbocycles. The number of carboxylic acids is 1. The van der Waals surface area contributed by atoms with Crippen molar-refractivity contribution in [1.29, 1.82) is 0 Å². The number of rotatable bonds is 3. The maximum Gasteiger partial charge on any atom is 0.335 e. The van der Waals surface area contributed by atoms with Crippen molar-refractivity contribution in [2.45, 2.75) is 50.7 Å². The van der Waals surface area contributed by atoms with Gasteiger partial charge in [0.05, 0.1) is 5.56 Å². The van der Waals surface area contributed by atoms with Gasteiger partial charge in [-0.05, 0) is 43.4 Å². The summed E-state index contributed by atoms with van der Waals surface area (Å²) in [4.78, 5) is 13.6. The van der Waals surface area contributed by atoms with E-state index < -0.39 is 5.97 Å². The molecule has 0 aliphatic carbocycles. The predicted molar refractivity (Wildman–Crippen MR) is 69.6 cm³/mol. The monoisotopic (exact) mass is 245 g/mol. The number of carboxylic acid groups (broad SMARTS) is 1. The van der Waals surface area contributed by atoms with Crippen LogP contribution in [0.2, 0.25) is 0 Å². The van der Waals surface area contributed by atoms with Crippen LogP contribution in [0.5, 0.6) is 0 Å². The van der Waals surface area contributed by atoms with Crippen LogP contribution < -0.4 is 0 Å². The van der Waals surface area contributed by atoms with Crippen molar-refractivity contribution in [1.82, 2.24) is 4.90 Å². The molecule has 1 N–H and O–H groups in total. The first-order valence-corrected chi connectivity index (χ1v) is 6.82. The molecule has 0 spiro atoms. The first kappa shape index (κ1) is 11.7. The molecule has 2 bridgehead atoms. The molecule has 2 heterocycles. The van der Waals surface area contributed by atoms with E-state index in [4.69, 9.17) is 5.11 Å². The van der Waals surface area contributed by atoms with Gasteiger partial charge in [-0.2, -0.15) is 0 Å². The Bertz CT molecular complexity index is 442. The average Bonchev–Trinajstić information content (AvgIpc) is 2.61. The molecule has 3 heteroatoms. The van der Waals surface area contributed by atoms with Crippen LogP contribution in [0.1, 0.15) is 48.0 Å². The van der Waals surface area contributed by atoms with Crippen molar-refractivity contribution in [2.75, 3.05) is 0 Å². The van der Waals surface area contributed by atoms with Crippen LogP contribution in [0, 0.1) is 0 Å². The molecule has 0 radical (unpaired) electrons. The van der Waals surface area contributed by atoms with Crippen molar-refractivity contribution in [3.05, 3.63) is 35.4 Å². The maximum atomic E-state index is 11.0. The average molecular weight is 245 g/mol. The third-order valence-corrected chi connectivity index (χ3v) is 4.38. The van der Waals surface area contributed by atoms with Gasteiger partial charge in [0, 0.05) is 18.6 Å². The summed E-state index contributed by atoms with van der Waals surface area (Å²) in [6.45, 7) is 0.913. The lowest BCUT2D eigenvalue weighted by Crippen LogP contribution is -2.38. The molecule has 2 aliphatic heterocycles. The Morgan fingerprint density at radius 3 is 2.61 bits per heavy atom. The molecular weight excluding hydrogens is 226 g/mol. The number of benzene rings is 1. The van der Waals surface area contributed by atoms with E-state index in [-0.39, 0.29) is 0 Å². The highest BCUT2D eigenvalue weighted by Gasteiger charge is 2.36. The van der Waals surface area contributed by atoms with Crippen LogP contribution in [0.3, 0.4) is 0 Å². The minimum absolute atomic E-state index is 0.400. The van der Waals surface area contributed by atoms with E-state index in [9.17, 15) is 4.79 Å². The first-order chi connectivity index (χ1) is 8.74. The van der Waals surface area contributed by atoms with Crippen molar-refractivity contribution in [3.8, 4) is 0 Å². The quantitative estimate of drug-likeness (QED) is 0.890. The predicted octanol–water partition coefficient (Wildman–Crippen LogP) is 2.90. The van der Waals surface area contributed by atoms with E-state index in [2.05, 4.69) is 4.90 Å². The van der Waals surface area contributed by atoms with Gasteiger partial charge in [0.1, 0.15) is 0 Å². The standard InChI is InChI=1S/C15H19NO2/c17-15(18)12-4-1-3-11(9-12)10-16-13-5-2-6-14(16)8-7-13/h1,3-4,9,13-14H,2,5-8,10H2,(H,17,18). The fourth-order valence-corrected chi connectivity index (χ4v) is 3.50. The molecule has 0 amide bonds. The molecule has 2 atom stereocenters. The molecule has 3 nitrogen and oxygen atoms in total. The van der Waals surface area contributed by atoms with Crippen LogP contribution in [-0.4, -0.2) is 28.1 Å². The molecule has 2 saturated heterocycles. The van der Waals surface area contributed by atoms with E-state index in [0.29, 0.717) is 5.56 Å². The van der Waals surface area contributed by atoms with Crippen LogP contribution in [0.15, 0.2) is 24.3 Å². The summed E-state index contributed by atoms with van der Waals surface area (Å²) in [5.41, 5.74) is 1.53. The molecule has 3 rings (SSSR count). The zero-order valence-corrected chi connectivity index (χ0v) is 10.5. The van der Waals surface area contributed by atoms with Gasteiger partial charge in [0.2, 0.25) is 0 Å². The van der Waals surface area contributed by atoms with E-state index in [1.54, 1.807) is 6.07 Å². The molecule has 2 unspecified atom stereocenters. The highest BCUT2D eigenvalue weighted by Crippen LogP contribution is 2.36. The number of hydrogen-bond donors (Lipinski definition) is 1. The molecule has 1 aromatic carbocycles. The van der Waals surface area contributed by atoms with Crippen LogP contribution in [0.4, 0.5) is 0 Å². The molecule has 2 aliphatic rings. The Morgan fingerprint density at radius 1 is 1.22 bits per heavy atom. The van der Waals surface area contributed by atoms with E-state index >= 15 is 0 Å². The minimum atomic E-state index is -0.835. The smallest absolute Gasteiger partial charge is 0.335 e. The summed E-state index contributed by atoms with van der Waals surface area (Å²) in [6, 6.07) is 8.84. The Balaban J connectivity index is 1.76. The Labute approximate surface area is 107 Å². The second-order valence-electron chi connectivity index (χ2n) is 5.49. The molecule has 18 heavy (non-hydrogen) atoms. The van der Waals surface area contributed by atoms with Gasteiger partial charge in [-0.1, -0.05) is 18.6 Å². The zero-order chi connectivity index (χ0) is 12.5. The van der Waals surface area contributed by atoms with Gasteiger partial charge >= 0.3 is 5.97 Å². The second kappa shape index (κ2) is 4.73. The SMILES string of the molecule is O=C(O)c1cccc(CN2C3CCCC2CC3)c1. The minimum Gasteiger partial charge on any atom is -0.478 e. The highest BCUT2D eigenvalue weighted by molar-refractivity contribution is 5.87. The number of piperidine rings is 1. The summed E-state index contributed by atoms with van der Waals surface area (Å²) in [7, 11) is 0. The van der Waals surface area contributed by atoms with Crippen molar-refractivity contribution in [3.63, 3.8) is 0 Å². The first-order valence-electron chi connectivity index (χ1n) is 6.82.